The fourth-order valence-corrected chi connectivity index (χ4v) is 2.82. The minimum atomic E-state index is -4.84. The Bertz CT molecular complexity index is 541. The van der Waals surface area contributed by atoms with Gasteiger partial charge in [0.05, 0.1) is 11.1 Å². The zero-order chi connectivity index (χ0) is 18.0. The van der Waals surface area contributed by atoms with Crippen LogP contribution in [-0.2, 0) is 12.4 Å². The molecule has 0 saturated carbocycles. The van der Waals surface area contributed by atoms with Gasteiger partial charge in [0.1, 0.15) is 0 Å². The van der Waals surface area contributed by atoms with E-state index >= 15 is 0 Å². The molecule has 2 nitrogen and oxygen atoms in total. The van der Waals surface area contributed by atoms with Crippen LogP contribution in [0.15, 0.2) is 30.9 Å². The molecule has 8 heteroatoms. The number of nitrogens with one attached hydrogen (secondary N) is 1. The molecular weight excluding hydrogens is 334 g/mol. The monoisotopic (exact) mass is 352 g/mol. The normalized spacial score (nSPS) is 18.4. The molecule has 134 valence electrons. The summed E-state index contributed by atoms with van der Waals surface area (Å²) in [6.45, 7) is 5.96. The predicted octanol–water partition coefficient (Wildman–Crippen LogP) is 4.25. The summed E-state index contributed by atoms with van der Waals surface area (Å²) in [7, 11) is 0. The zero-order valence-corrected chi connectivity index (χ0v) is 12.8. The standard InChI is InChI=1S/C16H18F6N2/c1-2-3-14(24-6-4-23-5-7-24)11-8-12(15(17,18)19)10-13(9-11)16(20,21)22/h2,8-10,14,23H,1,3-7H2/t14-/m1/s1. The fourth-order valence-electron chi connectivity index (χ4n) is 2.82. The maximum Gasteiger partial charge on any atom is 0.416 e. The van der Waals surface area contributed by atoms with Gasteiger partial charge >= 0.3 is 12.4 Å². The molecule has 2 rings (SSSR count). The topological polar surface area (TPSA) is 15.3 Å². The number of hydrogen-bond acceptors (Lipinski definition) is 2. The SMILES string of the molecule is C=CC[C@H](c1cc(C(F)(F)F)cc(C(F)(F)F)c1)N1CCNCC1. The van der Waals surface area contributed by atoms with Gasteiger partial charge in [0.15, 0.2) is 0 Å². The largest absolute Gasteiger partial charge is 0.416 e. The number of alkyl halides is 6. The van der Waals surface area contributed by atoms with Crippen LogP contribution in [-0.4, -0.2) is 31.1 Å². The number of benzene rings is 1. The first-order valence-corrected chi connectivity index (χ1v) is 7.48. The molecule has 0 bridgehead atoms. The molecule has 0 aliphatic carbocycles. The van der Waals surface area contributed by atoms with Crippen LogP contribution in [0.3, 0.4) is 0 Å². The summed E-state index contributed by atoms with van der Waals surface area (Å²) < 4.78 is 78.1. The van der Waals surface area contributed by atoms with Crippen molar-refractivity contribution in [2.24, 2.45) is 0 Å². The highest BCUT2D eigenvalue weighted by Gasteiger charge is 2.38. The van der Waals surface area contributed by atoms with Crippen LogP contribution < -0.4 is 5.32 Å². The van der Waals surface area contributed by atoms with Crippen molar-refractivity contribution in [3.8, 4) is 0 Å². The van der Waals surface area contributed by atoms with Crippen molar-refractivity contribution in [3.05, 3.63) is 47.5 Å². The molecule has 0 radical (unpaired) electrons. The smallest absolute Gasteiger partial charge is 0.314 e. The summed E-state index contributed by atoms with van der Waals surface area (Å²) >= 11 is 0. The second-order valence-electron chi connectivity index (χ2n) is 5.67. The Kier molecular flexibility index (Phi) is 5.59. The van der Waals surface area contributed by atoms with E-state index in [4.69, 9.17) is 0 Å². The molecule has 0 amide bonds. The van der Waals surface area contributed by atoms with Gasteiger partial charge < -0.3 is 5.32 Å². The zero-order valence-electron chi connectivity index (χ0n) is 12.8. The number of hydrogen-bond donors (Lipinski definition) is 1. The molecule has 1 fully saturated rings. The van der Waals surface area contributed by atoms with Crippen LogP contribution >= 0.6 is 0 Å². The lowest BCUT2D eigenvalue weighted by atomic mass is 9.96. The molecule has 1 N–H and O–H groups in total. The first-order chi connectivity index (χ1) is 11.1. The van der Waals surface area contributed by atoms with E-state index in [-0.39, 0.29) is 18.1 Å². The third-order valence-electron chi connectivity index (χ3n) is 3.98. The Morgan fingerprint density at radius 1 is 1.00 bits per heavy atom. The lowest BCUT2D eigenvalue weighted by Gasteiger charge is -2.35. The van der Waals surface area contributed by atoms with Crippen LogP contribution in [0, 0.1) is 0 Å². The number of rotatable bonds is 4. The van der Waals surface area contributed by atoms with Gasteiger partial charge in [0.2, 0.25) is 0 Å². The predicted molar refractivity (Wildman–Crippen MR) is 78.4 cm³/mol. The second-order valence-corrected chi connectivity index (χ2v) is 5.67. The van der Waals surface area contributed by atoms with Gasteiger partial charge in [-0.05, 0) is 30.2 Å². The maximum atomic E-state index is 13.0. The Morgan fingerprint density at radius 2 is 1.50 bits per heavy atom. The molecule has 0 unspecified atom stereocenters. The first-order valence-electron chi connectivity index (χ1n) is 7.48. The van der Waals surface area contributed by atoms with Gasteiger partial charge in [-0.15, -0.1) is 6.58 Å². The van der Waals surface area contributed by atoms with Crippen molar-refractivity contribution < 1.29 is 26.3 Å². The molecule has 1 aromatic rings. The van der Waals surface area contributed by atoms with E-state index in [2.05, 4.69) is 11.9 Å². The molecule has 0 spiro atoms. The minimum Gasteiger partial charge on any atom is -0.314 e. The highest BCUT2D eigenvalue weighted by molar-refractivity contribution is 5.35. The summed E-state index contributed by atoms with van der Waals surface area (Å²) in [6, 6.07) is 1.22. The fraction of sp³-hybridized carbons (Fsp3) is 0.500. The van der Waals surface area contributed by atoms with Gasteiger partial charge in [0.25, 0.3) is 0 Å². The van der Waals surface area contributed by atoms with E-state index < -0.39 is 29.5 Å². The van der Waals surface area contributed by atoms with Crippen LogP contribution in [0.5, 0.6) is 0 Å². The van der Waals surface area contributed by atoms with Gasteiger partial charge in [-0.1, -0.05) is 6.08 Å². The second kappa shape index (κ2) is 7.14. The highest BCUT2D eigenvalue weighted by Crippen LogP contribution is 2.39. The number of nitrogens with zero attached hydrogens (tertiary/aromatic N) is 1. The van der Waals surface area contributed by atoms with Crippen molar-refractivity contribution >= 4 is 0 Å². The highest BCUT2D eigenvalue weighted by atomic mass is 19.4. The van der Waals surface area contributed by atoms with Crippen molar-refractivity contribution in [1.29, 1.82) is 0 Å². The van der Waals surface area contributed by atoms with Crippen LogP contribution in [0.4, 0.5) is 26.3 Å². The summed E-state index contributed by atoms with van der Waals surface area (Å²) in [5, 5.41) is 3.11. The Balaban J connectivity index is 2.49. The van der Waals surface area contributed by atoms with E-state index in [0.717, 1.165) is 12.1 Å². The Hall–Kier alpha value is -1.54. The first kappa shape index (κ1) is 18.8. The molecule has 1 aromatic carbocycles. The third-order valence-corrected chi connectivity index (χ3v) is 3.98. The molecule has 1 aliphatic heterocycles. The van der Waals surface area contributed by atoms with E-state index in [9.17, 15) is 26.3 Å². The molecule has 24 heavy (non-hydrogen) atoms. The molecular formula is C16H18F6N2. The van der Waals surface area contributed by atoms with Gasteiger partial charge in [-0.2, -0.15) is 26.3 Å². The van der Waals surface area contributed by atoms with Crippen molar-refractivity contribution in [1.82, 2.24) is 10.2 Å². The summed E-state index contributed by atoms with van der Waals surface area (Å²) in [5.74, 6) is 0. The molecule has 1 aliphatic rings. The van der Waals surface area contributed by atoms with E-state index in [1.54, 1.807) is 0 Å². The molecule has 0 aromatic heterocycles. The molecule has 1 saturated heterocycles. The number of piperazine rings is 1. The van der Waals surface area contributed by atoms with E-state index in [0.29, 0.717) is 26.2 Å². The molecule has 1 atom stereocenters. The van der Waals surface area contributed by atoms with E-state index in [1.807, 2.05) is 4.90 Å². The van der Waals surface area contributed by atoms with Crippen molar-refractivity contribution in [2.75, 3.05) is 26.2 Å². The average Bonchev–Trinajstić information content (AvgIpc) is 2.51. The summed E-state index contributed by atoms with van der Waals surface area (Å²) in [4.78, 5) is 1.88. The van der Waals surface area contributed by atoms with E-state index in [1.165, 1.54) is 6.08 Å². The van der Waals surface area contributed by atoms with Gasteiger partial charge in [-0.25, -0.2) is 0 Å². The lowest BCUT2D eigenvalue weighted by molar-refractivity contribution is -0.143. The summed E-state index contributed by atoms with van der Waals surface area (Å²) in [6.07, 6.45) is -7.88. The molecule has 1 heterocycles. The average molecular weight is 352 g/mol. The summed E-state index contributed by atoms with van der Waals surface area (Å²) in [5.41, 5.74) is -2.55. The Morgan fingerprint density at radius 3 is 1.92 bits per heavy atom. The Labute approximate surface area is 136 Å². The van der Waals surface area contributed by atoms with Crippen molar-refractivity contribution in [3.63, 3.8) is 0 Å². The van der Waals surface area contributed by atoms with Crippen LogP contribution in [0.2, 0.25) is 0 Å². The van der Waals surface area contributed by atoms with Gasteiger partial charge in [-0.3, -0.25) is 4.90 Å². The maximum absolute atomic E-state index is 13.0. The third kappa shape index (κ3) is 4.51. The van der Waals surface area contributed by atoms with Crippen molar-refractivity contribution in [2.45, 2.75) is 24.8 Å². The number of halogens is 6. The quantitative estimate of drug-likeness (QED) is 0.644. The van der Waals surface area contributed by atoms with Crippen LogP contribution in [0.1, 0.15) is 29.2 Å². The van der Waals surface area contributed by atoms with Gasteiger partial charge in [0, 0.05) is 32.2 Å². The minimum absolute atomic E-state index is 0.0129. The van der Waals surface area contributed by atoms with Crippen LogP contribution in [0.25, 0.3) is 0 Å². The lowest BCUT2D eigenvalue weighted by Crippen LogP contribution is -2.45.